The molecule has 3 aromatic carbocycles. The zero-order valence-electron chi connectivity index (χ0n) is 15.0. The predicted octanol–water partition coefficient (Wildman–Crippen LogP) is 4.91. The van der Waals surface area contributed by atoms with E-state index in [9.17, 15) is 0 Å². The van der Waals surface area contributed by atoms with Crippen molar-refractivity contribution in [2.45, 2.75) is 6.54 Å². The highest BCUT2D eigenvalue weighted by atomic mass is 16.5. The molecule has 0 amide bonds. The molecule has 0 unspecified atom stereocenters. The van der Waals surface area contributed by atoms with E-state index in [-0.39, 0.29) is 0 Å². The highest BCUT2D eigenvalue weighted by Gasteiger charge is 2.23. The van der Waals surface area contributed by atoms with Crippen LogP contribution in [0, 0.1) is 0 Å². The van der Waals surface area contributed by atoms with Gasteiger partial charge in [-0.1, -0.05) is 0 Å². The number of aromatic nitrogens is 2. The summed E-state index contributed by atoms with van der Waals surface area (Å²) >= 11 is 0. The number of hydrogen-bond acceptors (Lipinski definition) is 3. The molecule has 1 aliphatic rings. The average Bonchev–Trinajstić information content (AvgIpc) is 3.40. The van der Waals surface area contributed by atoms with Crippen molar-refractivity contribution in [3.05, 3.63) is 47.5 Å². The second kappa shape index (κ2) is 5.04. The molecule has 27 heavy (non-hydrogen) atoms. The molecular weight excluding hydrogens is 338 g/mol. The van der Waals surface area contributed by atoms with E-state index in [2.05, 4.69) is 39.2 Å². The molecule has 0 aliphatic carbocycles. The lowest BCUT2D eigenvalue weighted by atomic mass is 9.97. The van der Waals surface area contributed by atoms with E-state index < -0.39 is 0 Å². The Hall–Kier alpha value is -3.47. The first-order chi connectivity index (χ1) is 13.3. The first-order valence-corrected chi connectivity index (χ1v) is 8.92. The van der Waals surface area contributed by atoms with Gasteiger partial charge in [-0.3, -0.25) is 4.99 Å². The number of methoxy groups -OCH3 is 2. The topological polar surface area (TPSA) is 62.4 Å². The lowest BCUT2D eigenvalue weighted by Gasteiger charge is -2.05. The first kappa shape index (κ1) is 14.7. The molecule has 0 atom stereocenters. The summed E-state index contributed by atoms with van der Waals surface area (Å²) in [7, 11) is 3.40. The molecule has 0 spiro atoms. The van der Waals surface area contributed by atoms with Gasteiger partial charge in [0.15, 0.2) is 0 Å². The molecule has 132 valence electrons. The van der Waals surface area contributed by atoms with Crippen LogP contribution >= 0.6 is 0 Å². The van der Waals surface area contributed by atoms with Crippen LogP contribution in [0.2, 0.25) is 0 Å². The molecule has 0 saturated heterocycles. The van der Waals surface area contributed by atoms with Crippen molar-refractivity contribution in [1.82, 2.24) is 9.97 Å². The van der Waals surface area contributed by atoms with Gasteiger partial charge in [0.2, 0.25) is 0 Å². The Kier molecular flexibility index (Phi) is 2.74. The number of ether oxygens (including phenoxy) is 2. The van der Waals surface area contributed by atoms with Crippen LogP contribution in [0.15, 0.2) is 41.4 Å². The van der Waals surface area contributed by atoms with Crippen molar-refractivity contribution < 1.29 is 9.47 Å². The number of aliphatic imine (C=N–C) groups is 1. The number of rotatable bonds is 2. The van der Waals surface area contributed by atoms with Gasteiger partial charge in [-0.2, -0.15) is 0 Å². The van der Waals surface area contributed by atoms with Gasteiger partial charge in [-0.15, -0.1) is 0 Å². The number of nitrogens with one attached hydrogen (secondary N) is 2. The molecule has 5 heteroatoms. The largest absolute Gasteiger partial charge is 0.497 e. The Morgan fingerprint density at radius 3 is 2.04 bits per heavy atom. The second-order valence-electron chi connectivity index (χ2n) is 6.94. The van der Waals surface area contributed by atoms with Crippen LogP contribution in [0.3, 0.4) is 0 Å². The fourth-order valence-electron chi connectivity index (χ4n) is 4.38. The Morgan fingerprint density at radius 1 is 0.815 bits per heavy atom. The molecule has 1 aliphatic heterocycles. The Labute approximate surface area is 154 Å². The fourth-order valence-corrected chi connectivity index (χ4v) is 4.38. The summed E-state index contributed by atoms with van der Waals surface area (Å²) in [5, 5.41) is 4.75. The van der Waals surface area contributed by atoms with Crippen LogP contribution in [0.4, 0.5) is 0 Å². The molecule has 0 fully saturated rings. The smallest absolute Gasteiger partial charge is 0.119 e. The van der Waals surface area contributed by atoms with Gasteiger partial charge in [0.1, 0.15) is 11.5 Å². The van der Waals surface area contributed by atoms with Crippen LogP contribution in [0.5, 0.6) is 11.5 Å². The molecule has 0 bridgehead atoms. The SMILES string of the molecule is COc1ccc2[nH]c3c4[nH]c5ccc(OC)cc5c4c4c(c3c2c1)C=NC4. The van der Waals surface area contributed by atoms with Crippen molar-refractivity contribution in [2.75, 3.05) is 14.2 Å². The van der Waals surface area contributed by atoms with Crippen LogP contribution < -0.4 is 9.47 Å². The molecule has 5 nitrogen and oxygen atoms in total. The van der Waals surface area contributed by atoms with Crippen LogP contribution in [0.1, 0.15) is 11.1 Å². The molecule has 5 aromatic rings. The Bertz CT molecular complexity index is 1420. The van der Waals surface area contributed by atoms with Gasteiger partial charge in [0.05, 0.1) is 31.8 Å². The van der Waals surface area contributed by atoms with Gasteiger partial charge in [0, 0.05) is 44.4 Å². The summed E-state index contributed by atoms with van der Waals surface area (Å²) in [6, 6.07) is 12.3. The quantitative estimate of drug-likeness (QED) is 0.473. The average molecular weight is 355 g/mol. The van der Waals surface area contributed by atoms with E-state index in [1.165, 1.54) is 27.3 Å². The number of hydrogen-bond donors (Lipinski definition) is 2. The maximum atomic E-state index is 5.45. The third kappa shape index (κ3) is 1.81. The standard InChI is InChI=1S/C22H17N3O2/c1-26-11-3-5-17-13(7-11)19-15-9-23-10-16(15)20-14-8-12(27-2)4-6-18(14)25-22(20)21(19)24-17/h3-9,24-25H,10H2,1-2H3. The van der Waals surface area contributed by atoms with Gasteiger partial charge < -0.3 is 19.4 Å². The summed E-state index contributed by atoms with van der Waals surface area (Å²) in [5.74, 6) is 1.71. The monoisotopic (exact) mass is 355 g/mol. The van der Waals surface area contributed by atoms with E-state index >= 15 is 0 Å². The molecule has 2 N–H and O–H groups in total. The lowest BCUT2D eigenvalue weighted by molar-refractivity contribution is 0.415. The summed E-state index contributed by atoms with van der Waals surface area (Å²) in [5.41, 5.74) is 6.88. The number of H-pyrrole nitrogens is 2. The van der Waals surface area contributed by atoms with Crippen molar-refractivity contribution >= 4 is 49.8 Å². The van der Waals surface area contributed by atoms with Gasteiger partial charge in [-0.05, 0) is 42.0 Å². The molecular formula is C22H17N3O2. The lowest BCUT2D eigenvalue weighted by Crippen LogP contribution is -1.89. The van der Waals surface area contributed by atoms with E-state index in [0.717, 1.165) is 39.0 Å². The molecule has 0 radical (unpaired) electrons. The molecule has 2 aromatic heterocycles. The summed E-state index contributed by atoms with van der Waals surface area (Å²) in [4.78, 5) is 11.8. The number of fused-ring (bicyclic) bond motifs is 10. The van der Waals surface area contributed by atoms with Crippen molar-refractivity contribution in [3.63, 3.8) is 0 Å². The summed E-state index contributed by atoms with van der Waals surface area (Å²) < 4.78 is 10.9. The molecule has 0 saturated carbocycles. The Balaban J connectivity index is 1.87. The van der Waals surface area contributed by atoms with Gasteiger partial charge in [-0.25, -0.2) is 0 Å². The van der Waals surface area contributed by atoms with Crippen LogP contribution in [-0.2, 0) is 6.54 Å². The number of benzene rings is 3. The zero-order chi connectivity index (χ0) is 18.1. The Morgan fingerprint density at radius 2 is 1.41 bits per heavy atom. The number of nitrogens with zero attached hydrogens (tertiary/aromatic N) is 1. The second-order valence-corrected chi connectivity index (χ2v) is 6.94. The van der Waals surface area contributed by atoms with E-state index in [1.807, 2.05) is 18.3 Å². The highest BCUT2D eigenvalue weighted by molar-refractivity contribution is 6.28. The summed E-state index contributed by atoms with van der Waals surface area (Å²) in [6.45, 7) is 0.697. The minimum absolute atomic E-state index is 0.697. The van der Waals surface area contributed by atoms with Crippen LogP contribution in [-0.4, -0.2) is 30.4 Å². The van der Waals surface area contributed by atoms with E-state index in [4.69, 9.17) is 9.47 Å². The normalized spacial score (nSPS) is 13.3. The van der Waals surface area contributed by atoms with Crippen molar-refractivity contribution in [2.24, 2.45) is 4.99 Å². The first-order valence-electron chi connectivity index (χ1n) is 8.92. The highest BCUT2D eigenvalue weighted by Crippen LogP contribution is 2.42. The minimum Gasteiger partial charge on any atom is -0.497 e. The van der Waals surface area contributed by atoms with E-state index in [0.29, 0.717) is 6.54 Å². The van der Waals surface area contributed by atoms with Crippen molar-refractivity contribution in [3.8, 4) is 11.5 Å². The maximum Gasteiger partial charge on any atom is 0.119 e. The fraction of sp³-hybridized carbons (Fsp3) is 0.136. The van der Waals surface area contributed by atoms with E-state index in [1.54, 1.807) is 14.2 Å². The zero-order valence-corrected chi connectivity index (χ0v) is 15.0. The minimum atomic E-state index is 0.697. The predicted molar refractivity (Wildman–Crippen MR) is 110 cm³/mol. The third-order valence-corrected chi connectivity index (χ3v) is 5.63. The van der Waals surface area contributed by atoms with Crippen molar-refractivity contribution in [1.29, 1.82) is 0 Å². The van der Waals surface area contributed by atoms with Gasteiger partial charge in [0.25, 0.3) is 0 Å². The maximum absolute atomic E-state index is 5.45. The van der Waals surface area contributed by atoms with Crippen LogP contribution in [0.25, 0.3) is 43.6 Å². The third-order valence-electron chi connectivity index (χ3n) is 5.63. The number of aromatic amines is 2. The van der Waals surface area contributed by atoms with Gasteiger partial charge >= 0.3 is 0 Å². The summed E-state index contributed by atoms with van der Waals surface area (Å²) in [6.07, 6.45) is 2.00. The molecule has 3 heterocycles. The molecule has 6 rings (SSSR count).